The Kier molecular flexibility index (Phi) is 5.51. The number of hydrogen-bond donors (Lipinski definition) is 1. The van der Waals surface area contributed by atoms with Crippen LogP contribution in [0, 0.1) is 5.92 Å². The molecule has 1 N–H and O–H groups in total. The SMILES string of the molecule is CC(C)NC(=O)[C@H](C)SCC1CCCC1. The molecule has 0 spiro atoms. The summed E-state index contributed by atoms with van der Waals surface area (Å²) in [6.07, 6.45) is 5.51. The summed E-state index contributed by atoms with van der Waals surface area (Å²) in [5, 5.41) is 3.06. The normalized spacial score (nSPS) is 19.5. The summed E-state index contributed by atoms with van der Waals surface area (Å²) >= 11 is 1.81. The molecule has 0 bridgehead atoms. The Balaban J connectivity index is 2.16. The second-order valence-electron chi connectivity index (χ2n) is 4.79. The summed E-state index contributed by atoms with van der Waals surface area (Å²) in [7, 11) is 0. The van der Waals surface area contributed by atoms with Crippen molar-refractivity contribution in [3.8, 4) is 0 Å². The maximum absolute atomic E-state index is 11.6. The molecule has 0 unspecified atom stereocenters. The van der Waals surface area contributed by atoms with E-state index < -0.39 is 0 Å². The monoisotopic (exact) mass is 229 g/mol. The van der Waals surface area contributed by atoms with Crippen LogP contribution in [-0.2, 0) is 4.79 Å². The van der Waals surface area contributed by atoms with E-state index in [1.165, 1.54) is 25.7 Å². The van der Waals surface area contributed by atoms with Crippen molar-refractivity contribution in [2.45, 2.75) is 57.7 Å². The second-order valence-corrected chi connectivity index (χ2v) is 6.16. The average Bonchev–Trinajstić information content (AvgIpc) is 2.65. The van der Waals surface area contributed by atoms with Crippen molar-refractivity contribution in [3.05, 3.63) is 0 Å². The number of carbonyl (C=O) groups is 1. The third kappa shape index (κ3) is 4.92. The van der Waals surface area contributed by atoms with E-state index in [-0.39, 0.29) is 17.2 Å². The van der Waals surface area contributed by atoms with Crippen LogP contribution in [0.5, 0.6) is 0 Å². The van der Waals surface area contributed by atoms with Gasteiger partial charge in [-0.2, -0.15) is 0 Å². The van der Waals surface area contributed by atoms with Gasteiger partial charge in [-0.3, -0.25) is 4.79 Å². The van der Waals surface area contributed by atoms with Crippen molar-refractivity contribution < 1.29 is 4.79 Å². The lowest BCUT2D eigenvalue weighted by atomic mass is 10.1. The number of carbonyl (C=O) groups excluding carboxylic acids is 1. The summed E-state index contributed by atoms with van der Waals surface area (Å²) < 4.78 is 0. The van der Waals surface area contributed by atoms with E-state index >= 15 is 0 Å². The van der Waals surface area contributed by atoms with Crippen LogP contribution in [0.15, 0.2) is 0 Å². The Morgan fingerprint density at radius 1 is 1.33 bits per heavy atom. The molecule has 1 atom stereocenters. The van der Waals surface area contributed by atoms with Gasteiger partial charge in [-0.25, -0.2) is 0 Å². The van der Waals surface area contributed by atoms with Gasteiger partial charge in [0.1, 0.15) is 0 Å². The highest BCUT2D eigenvalue weighted by molar-refractivity contribution is 8.00. The van der Waals surface area contributed by atoms with Crippen molar-refractivity contribution in [2.24, 2.45) is 5.92 Å². The summed E-state index contributed by atoms with van der Waals surface area (Å²) in [6, 6.07) is 0.257. The van der Waals surface area contributed by atoms with Crippen molar-refractivity contribution in [1.82, 2.24) is 5.32 Å². The van der Waals surface area contributed by atoms with Gasteiger partial charge in [0.2, 0.25) is 5.91 Å². The van der Waals surface area contributed by atoms with Gasteiger partial charge in [0.15, 0.2) is 0 Å². The largest absolute Gasteiger partial charge is 0.353 e. The molecule has 1 saturated carbocycles. The number of thioether (sulfide) groups is 1. The van der Waals surface area contributed by atoms with Gasteiger partial charge in [0.25, 0.3) is 0 Å². The summed E-state index contributed by atoms with van der Waals surface area (Å²) in [5.74, 6) is 2.21. The average molecular weight is 229 g/mol. The third-order valence-electron chi connectivity index (χ3n) is 2.86. The third-order valence-corrected chi connectivity index (χ3v) is 4.23. The fourth-order valence-electron chi connectivity index (χ4n) is 1.94. The minimum Gasteiger partial charge on any atom is -0.353 e. The Hall–Kier alpha value is -0.180. The maximum Gasteiger partial charge on any atom is 0.233 e. The molecule has 88 valence electrons. The first-order valence-electron chi connectivity index (χ1n) is 6.01. The minimum atomic E-state index is 0.105. The minimum absolute atomic E-state index is 0.105. The Morgan fingerprint density at radius 3 is 2.47 bits per heavy atom. The molecule has 15 heavy (non-hydrogen) atoms. The second kappa shape index (κ2) is 6.41. The molecule has 0 heterocycles. The van der Waals surface area contributed by atoms with E-state index in [4.69, 9.17) is 0 Å². The highest BCUT2D eigenvalue weighted by atomic mass is 32.2. The van der Waals surface area contributed by atoms with Crippen LogP contribution in [0.3, 0.4) is 0 Å². The molecule has 1 aliphatic carbocycles. The van der Waals surface area contributed by atoms with Crippen molar-refractivity contribution >= 4 is 17.7 Å². The molecule has 1 amide bonds. The fourth-order valence-corrected chi connectivity index (χ4v) is 3.05. The van der Waals surface area contributed by atoms with Gasteiger partial charge in [0, 0.05) is 6.04 Å². The smallest absolute Gasteiger partial charge is 0.233 e. The van der Waals surface area contributed by atoms with E-state index in [9.17, 15) is 4.79 Å². The summed E-state index contributed by atoms with van der Waals surface area (Å²) in [5.41, 5.74) is 0. The van der Waals surface area contributed by atoms with Crippen molar-refractivity contribution in [2.75, 3.05) is 5.75 Å². The first kappa shape index (κ1) is 12.9. The van der Waals surface area contributed by atoms with E-state index in [0.717, 1.165) is 11.7 Å². The van der Waals surface area contributed by atoms with Crippen LogP contribution >= 0.6 is 11.8 Å². The Bertz CT molecular complexity index is 200. The molecule has 1 fully saturated rings. The molecule has 2 nitrogen and oxygen atoms in total. The van der Waals surface area contributed by atoms with Gasteiger partial charge in [-0.1, -0.05) is 12.8 Å². The predicted molar refractivity (Wildman–Crippen MR) is 67.2 cm³/mol. The quantitative estimate of drug-likeness (QED) is 0.785. The van der Waals surface area contributed by atoms with Gasteiger partial charge in [-0.15, -0.1) is 11.8 Å². The number of amides is 1. The summed E-state index contributed by atoms with van der Waals surface area (Å²) in [6.45, 7) is 6.02. The molecule has 0 saturated heterocycles. The van der Waals surface area contributed by atoms with Crippen molar-refractivity contribution in [1.29, 1.82) is 0 Å². The maximum atomic E-state index is 11.6. The molecule has 1 rings (SSSR count). The van der Waals surface area contributed by atoms with Gasteiger partial charge in [-0.05, 0) is 45.3 Å². The van der Waals surface area contributed by atoms with E-state index in [1.54, 1.807) is 0 Å². The van der Waals surface area contributed by atoms with E-state index in [2.05, 4.69) is 5.32 Å². The molecular formula is C12H23NOS. The van der Waals surface area contributed by atoms with Crippen LogP contribution in [0.4, 0.5) is 0 Å². The number of rotatable bonds is 5. The van der Waals surface area contributed by atoms with Crippen LogP contribution in [0.1, 0.15) is 46.5 Å². The molecule has 0 aromatic carbocycles. The number of nitrogens with one attached hydrogen (secondary N) is 1. The Labute approximate surface area is 97.6 Å². The standard InChI is InChI=1S/C12H23NOS/c1-9(2)13-12(14)10(3)15-8-11-6-4-5-7-11/h9-11H,4-8H2,1-3H3,(H,13,14)/t10-/m0/s1. The summed E-state index contributed by atoms with van der Waals surface area (Å²) in [4.78, 5) is 11.6. The first-order chi connectivity index (χ1) is 7.09. The zero-order valence-corrected chi connectivity index (χ0v) is 10.9. The fraction of sp³-hybridized carbons (Fsp3) is 0.917. The lowest BCUT2D eigenvalue weighted by Gasteiger charge is -2.16. The first-order valence-corrected chi connectivity index (χ1v) is 7.06. The van der Waals surface area contributed by atoms with E-state index in [1.807, 2.05) is 32.5 Å². The van der Waals surface area contributed by atoms with Gasteiger partial charge >= 0.3 is 0 Å². The molecule has 0 aromatic heterocycles. The zero-order chi connectivity index (χ0) is 11.3. The highest BCUT2D eigenvalue weighted by Gasteiger charge is 2.19. The van der Waals surface area contributed by atoms with Gasteiger partial charge < -0.3 is 5.32 Å². The number of hydrogen-bond acceptors (Lipinski definition) is 2. The van der Waals surface area contributed by atoms with Gasteiger partial charge in [0.05, 0.1) is 5.25 Å². The topological polar surface area (TPSA) is 29.1 Å². The predicted octanol–water partition coefficient (Wildman–Crippen LogP) is 2.82. The van der Waals surface area contributed by atoms with Crippen LogP contribution in [-0.4, -0.2) is 23.0 Å². The van der Waals surface area contributed by atoms with Crippen LogP contribution in [0.25, 0.3) is 0 Å². The molecule has 0 radical (unpaired) electrons. The Morgan fingerprint density at radius 2 is 1.93 bits per heavy atom. The molecular weight excluding hydrogens is 206 g/mol. The lowest BCUT2D eigenvalue weighted by Crippen LogP contribution is -2.36. The highest BCUT2D eigenvalue weighted by Crippen LogP contribution is 2.29. The molecule has 3 heteroatoms. The van der Waals surface area contributed by atoms with Crippen molar-refractivity contribution in [3.63, 3.8) is 0 Å². The van der Waals surface area contributed by atoms with E-state index in [0.29, 0.717) is 0 Å². The van der Waals surface area contributed by atoms with Crippen LogP contribution in [0.2, 0.25) is 0 Å². The van der Waals surface area contributed by atoms with Crippen LogP contribution < -0.4 is 5.32 Å². The lowest BCUT2D eigenvalue weighted by molar-refractivity contribution is -0.120. The molecule has 1 aliphatic rings. The zero-order valence-electron chi connectivity index (χ0n) is 10.1. The molecule has 0 aromatic rings. The molecule has 0 aliphatic heterocycles.